The van der Waals surface area contributed by atoms with Crippen LogP contribution < -0.4 is 0 Å². The summed E-state index contributed by atoms with van der Waals surface area (Å²) in [7, 11) is -9.88. The number of carbonyl (C=O) groups excluding carboxylic acids is 4. The number of unbranched alkanes of at least 4 members (excludes halogenated alkanes) is 42. The molecule has 0 amide bonds. The maximum atomic E-state index is 13.0. The molecule has 5 atom stereocenters. The van der Waals surface area contributed by atoms with Crippen molar-refractivity contribution in [3.8, 4) is 0 Å². The molecular weight excluding hydrogens is 1140 g/mol. The van der Waals surface area contributed by atoms with Crippen LogP contribution in [0.1, 0.15) is 349 Å². The van der Waals surface area contributed by atoms with Crippen molar-refractivity contribution in [2.75, 3.05) is 39.6 Å². The third kappa shape index (κ3) is 60.9. The molecule has 3 N–H and O–H groups in total. The van der Waals surface area contributed by atoms with Gasteiger partial charge in [-0.1, -0.05) is 297 Å². The summed E-state index contributed by atoms with van der Waals surface area (Å²) in [6.07, 6.45) is 48.9. The van der Waals surface area contributed by atoms with E-state index in [-0.39, 0.29) is 25.7 Å². The normalized spacial score (nSPS) is 14.1. The van der Waals surface area contributed by atoms with Gasteiger partial charge in [-0.25, -0.2) is 9.13 Å². The minimum Gasteiger partial charge on any atom is -0.462 e. The topological polar surface area (TPSA) is 237 Å². The molecule has 0 fully saturated rings. The lowest BCUT2D eigenvalue weighted by molar-refractivity contribution is -0.161. The van der Waals surface area contributed by atoms with E-state index >= 15 is 0 Å². The number of hydrogen-bond acceptors (Lipinski definition) is 15. The fraction of sp³-hybridized carbons (Fsp3) is 0.940. The molecule has 0 aliphatic heterocycles. The lowest BCUT2D eigenvalue weighted by Gasteiger charge is -2.21. The number of phosphoric acid groups is 2. The van der Waals surface area contributed by atoms with Crippen LogP contribution in [0.4, 0.5) is 0 Å². The van der Waals surface area contributed by atoms with E-state index in [1.165, 1.54) is 173 Å². The average Bonchev–Trinajstić information content (AvgIpc) is 3.70. The highest BCUT2D eigenvalue weighted by Gasteiger charge is 2.30. The summed E-state index contributed by atoms with van der Waals surface area (Å²) in [6.45, 7) is 4.83. The number of aliphatic hydroxyl groups is 1. The predicted molar refractivity (Wildman–Crippen MR) is 345 cm³/mol. The van der Waals surface area contributed by atoms with Gasteiger partial charge in [-0.3, -0.25) is 37.3 Å². The molecule has 2 unspecified atom stereocenters. The number of ether oxygens (including phenoxy) is 4. The van der Waals surface area contributed by atoms with Crippen LogP contribution >= 0.6 is 15.6 Å². The summed E-state index contributed by atoms with van der Waals surface area (Å²) in [4.78, 5) is 72.1. The average molecular weight is 1270 g/mol. The monoisotopic (exact) mass is 1270 g/mol. The van der Waals surface area contributed by atoms with Gasteiger partial charge < -0.3 is 33.8 Å². The second-order valence-corrected chi connectivity index (χ2v) is 27.1. The van der Waals surface area contributed by atoms with Crippen molar-refractivity contribution in [2.24, 2.45) is 0 Å². The minimum atomic E-state index is -4.94. The highest BCUT2D eigenvalue weighted by atomic mass is 31.2. The van der Waals surface area contributed by atoms with E-state index in [1.54, 1.807) is 0 Å². The van der Waals surface area contributed by atoms with Gasteiger partial charge in [0.1, 0.15) is 19.3 Å². The quantitative estimate of drug-likeness (QED) is 0.0222. The highest BCUT2D eigenvalue weighted by molar-refractivity contribution is 7.47. The minimum absolute atomic E-state index is 0.106. The lowest BCUT2D eigenvalue weighted by Crippen LogP contribution is -2.30. The van der Waals surface area contributed by atoms with Crippen LogP contribution in [0.5, 0.6) is 0 Å². The molecule has 0 saturated heterocycles. The third-order valence-electron chi connectivity index (χ3n) is 15.6. The van der Waals surface area contributed by atoms with Crippen LogP contribution in [-0.2, 0) is 65.4 Å². The van der Waals surface area contributed by atoms with Gasteiger partial charge in [-0.2, -0.15) is 0 Å². The van der Waals surface area contributed by atoms with E-state index in [0.717, 1.165) is 96.3 Å². The van der Waals surface area contributed by atoms with Crippen LogP contribution in [0.15, 0.2) is 0 Å². The molecule has 0 rings (SSSR count). The molecule has 0 aliphatic rings. The fourth-order valence-corrected chi connectivity index (χ4v) is 11.7. The van der Waals surface area contributed by atoms with E-state index in [1.807, 2.05) is 0 Å². The predicted octanol–water partition coefficient (Wildman–Crippen LogP) is 19.1. The van der Waals surface area contributed by atoms with Gasteiger partial charge in [-0.05, 0) is 25.7 Å². The van der Waals surface area contributed by atoms with E-state index in [4.69, 9.17) is 37.0 Å². The van der Waals surface area contributed by atoms with Gasteiger partial charge in [0.25, 0.3) is 0 Å². The Labute approximate surface area is 524 Å². The molecular formula is C67H130O17P2. The second kappa shape index (κ2) is 61.9. The smallest absolute Gasteiger partial charge is 0.462 e. The van der Waals surface area contributed by atoms with E-state index in [2.05, 4.69) is 27.7 Å². The molecule has 510 valence electrons. The summed E-state index contributed by atoms with van der Waals surface area (Å²) in [6, 6.07) is 0. The Morgan fingerprint density at radius 2 is 0.465 bits per heavy atom. The number of carbonyl (C=O) groups is 4. The Hall–Kier alpha value is -1.94. The van der Waals surface area contributed by atoms with Gasteiger partial charge in [0, 0.05) is 25.7 Å². The molecule has 0 aliphatic carbocycles. The second-order valence-electron chi connectivity index (χ2n) is 24.2. The zero-order valence-electron chi connectivity index (χ0n) is 55.3. The van der Waals surface area contributed by atoms with Gasteiger partial charge in [0.2, 0.25) is 0 Å². The fourth-order valence-electron chi connectivity index (χ4n) is 10.2. The molecule has 0 bridgehead atoms. The molecule has 17 nitrogen and oxygen atoms in total. The Morgan fingerprint density at radius 3 is 0.686 bits per heavy atom. The highest BCUT2D eigenvalue weighted by Crippen LogP contribution is 2.45. The number of aliphatic hydroxyl groups excluding tert-OH is 1. The molecule has 0 aromatic heterocycles. The Bertz CT molecular complexity index is 1650. The zero-order chi connectivity index (χ0) is 63.3. The van der Waals surface area contributed by atoms with Crippen LogP contribution in [0.2, 0.25) is 0 Å². The number of esters is 4. The van der Waals surface area contributed by atoms with E-state index < -0.39 is 97.5 Å². The summed E-state index contributed by atoms with van der Waals surface area (Å²) >= 11 is 0. The SMILES string of the molecule is CCCCCCCCCCCCCCCCCCCCCC(=O)O[C@H](COC(=O)CCCCCCCCCCCCC)COP(=O)(O)OC[C@@H](O)COP(=O)(O)OC[C@@H](COC(=O)CCCCCCC)OC(=O)CCCCCCCCCCCCC. The first kappa shape index (κ1) is 84.1. The van der Waals surface area contributed by atoms with Gasteiger partial charge in [-0.15, -0.1) is 0 Å². The molecule has 0 heterocycles. The van der Waals surface area contributed by atoms with Gasteiger partial charge in [0.05, 0.1) is 26.4 Å². The Morgan fingerprint density at radius 1 is 0.279 bits per heavy atom. The van der Waals surface area contributed by atoms with Crippen molar-refractivity contribution in [1.82, 2.24) is 0 Å². The van der Waals surface area contributed by atoms with Crippen molar-refractivity contribution in [3.63, 3.8) is 0 Å². The molecule has 19 heteroatoms. The summed E-state index contributed by atoms with van der Waals surface area (Å²) in [5.74, 6) is -2.14. The van der Waals surface area contributed by atoms with Crippen molar-refractivity contribution >= 4 is 39.5 Å². The molecule has 0 saturated carbocycles. The van der Waals surface area contributed by atoms with Gasteiger partial charge >= 0.3 is 39.5 Å². The summed E-state index contributed by atoms with van der Waals surface area (Å²) < 4.78 is 67.9. The van der Waals surface area contributed by atoms with Crippen molar-refractivity contribution < 1.29 is 80.2 Å². The standard InChI is InChI=1S/C67H130O17P2/c1-5-9-13-17-20-23-26-27-28-29-30-31-32-33-36-39-42-46-50-54-67(72)84-63(58-78-65(70)52-48-44-40-37-34-24-21-18-14-10-6-2)60-82-86(75,76)80-56-61(68)55-79-85(73,74)81-59-62(57-77-64(69)51-47-43-16-12-8-4)83-66(71)53-49-45-41-38-35-25-22-19-15-11-7-3/h61-63,68H,5-60H2,1-4H3,(H,73,74)(H,75,76)/t61-,62+,63+/m0/s1. The first-order valence-electron chi connectivity index (χ1n) is 35.3. The summed E-state index contributed by atoms with van der Waals surface area (Å²) in [5, 5.41) is 10.5. The van der Waals surface area contributed by atoms with Crippen molar-refractivity contribution in [2.45, 2.75) is 367 Å². The van der Waals surface area contributed by atoms with Crippen molar-refractivity contribution in [3.05, 3.63) is 0 Å². The van der Waals surface area contributed by atoms with E-state index in [0.29, 0.717) is 25.7 Å². The van der Waals surface area contributed by atoms with Crippen molar-refractivity contribution in [1.29, 1.82) is 0 Å². The summed E-state index contributed by atoms with van der Waals surface area (Å²) in [5.41, 5.74) is 0. The first-order valence-corrected chi connectivity index (χ1v) is 38.3. The lowest BCUT2D eigenvalue weighted by atomic mass is 10.0. The number of rotatable bonds is 68. The Balaban J connectivity index is 5.11. The molecule has 0 spiro atoms. The zero-order valence-corrected chi connectivity index (χ0v) is 57.1. The molecule has 86 heavy (non-hydrogen) atoms. The molecule has 0 aromatic rings. The molecule has 0 radical (unpaired) electrons. The first-order chi connectivity index (χ1) is 41.7. The number of phosphoric ester groups is 2. The van der Waals surface area contributed by atoms with Gasteiger partial charge in [0.15, 0.2) is 12.2 Å². The van der Waals surface area contributed by atoms with Crippen LogP contribution in [0, 0.1) is 0 Å². The van der Waals surface area contributed by atoms with Crippen LogP contribution in [0.25, 0.3) is 0 Å². The third-order valence-corrected chi connectivity index (χ3v) is 17.5. The molecule has 0 aromatic carbocycles. The number of hydrogen-bond donors (Lipinski definition) is 3. The maximum absolute atomic E-state index is 13.0. The van der Waals surface area contributed by atoms with Crippen LogP contribution in [-0.4, -0.2) is 96.7 Å². The maximum Gasteiger partial charge on any atom is 0.472 e. The Kier molecular flexibility index (Phi) is 60.5. The largest absolute Gasteiger partial charge is 0.472 e. The van der Waals surface area contributed by atoms with Crippen LogP contribution in [0.3, 0.4) is 0 Å². The van der Waals surface area contributed by atoms with E-state index in [9.17, 15) is 43.2 Å².